The number of nitrogens with zero attached hydrogens (tertiary/aromatic N) is 1. The second kappa shape index (κ2) is 9.04. The maximum absolute atomic E-state index is 13.0. The van der Waals surface area contributed by atoms with Crippen molar-refractivity contribution in [1.29, 1.82) is 0 Å². The number of ether oxygens (including phenoxy) is 2. The van der Waals surface area contributed by atoms with Crippen LogP contribution in [0.5, 0.6) is 0 Å². The fourth-order valence-electron chi connectivity index (χ4n) is 1.61. The largest absolute Gasteiger partial charge is 0.383 e. The summed E-state index contributed by atoms with van der Waals surface area (Å²) in [6, 6.07) is 5.34. The van der Waals surface area contributed by atoms with Gasteiger partial charge in [-0.25, -0.2) is 4.39 Å². The van der Waals surface area contributed by atoms with Crippen molar-refractivity contribution in [3.05, 3.63) is 30.1 Å². The summed E-state index contributed by atoms with van der Waals surface area (Å²) in [6.07, 6.45) is 0. The molecule has 1 aromatic carbocycles. The monoisotopic (exact) mass is 298 g/mol. The maximum atomic E-state index is 13.0. The summed E-state index contributed by atoms with van der Waals surface area (Å²) < 4.78 is 22.8. The van der Waals surface area contributed by atoms with Crippen molar-refractivity contribution in [2.45, 2.75) is 0 Å². The van der Waals surface area contributed by atoms with Gasteiger partial charge in [0.2, 0.25) is 0 Å². The van der Waals surface area contributed by atoms with Crippen molar-refractivity contribution in [1.82, 2.24) is 4.90 Å². The lowest BCUT2D eigenvalue weighted by atomic mass is 10.3. The van der Waals surface area contributed by atoms with Gasteiger partial charge >= 0.3 is 11.8 Å². The van der Waals surface area contributed by atoms with Crippen LogP contribution in [0.2, 0.25) is 0 Å². The van der Waals surface area contributed by atoms with E-state index in [0.717, 1.165) is 6.07 Å². The summed E-state index contributed by atoms with van der Waals surface area (Å²) in [4.78, 5) is 25.3. The Labute approximate surface area is 122 Å². The van der Waals surface area contributed by atoms with Gasteiger partial charge in [0.15, 0.2) is 0 Å². The minimum absolute atomic E-state index is 0.229. The van der Waals surface area contributed by atoms with Crippen LogP contribution in [0.1, 0.15) is 0 Å². The number of nitrogens with one attached hydrogen (secondary N) is 1. The molecule has 0 aliphatic heterocycles. The van der Waals surface area contributed by atoms with Gasteiger partial charge in [-0.2, -0.15) is 0 Å². The Morgan fingerprint density at radius 1 is 1.19 bits per heavy atom. The molecule has 6 nitrogen and oxygen atoms in total. The predicted octanol–water partition coefficient (Wildman–Crippen LogP) is 0.886. The Hall–Kier alpha value is -1.99. The smallest absolute Gasteiger partial charge is 0.313 e. The van der Waals surface area contributed by atoms with Crippen LogP contribution in [0, 0.1) is 5.82 Å². The number of amides is 2. The number of halogens is 1. The minimum Gasteiger partial charge on any atom is -0.383 e. The van der Waals surface area contributed by atoms with Crippen LogP contribution in [0.4, 0.5) is 10.1 Å². The summed E-state index contributed by atoms with van der Waals surface area (Å²) in [5.74, 6) is -2.03. The van der Waals surface area contributed by atoms with E-state index in [1.807, 2.05) is 0 Å². The van der Waals surface area contributed by atoms with Crippen LogP contribution >= 0.6 is 0 Å². The normalized spacial score (nSPS) is 10.2. The van der Waals surface area contributed by atoms with Crippen LogP contribution in [-0.4, -0.2) is 57.2 Å². The van der Waals surface area contributed by atoms with Gasteiger partial charge in [-0.1, -0.05) is 6.07 Å². The van der Waals surface area contributed by atoms with E-state index >= 15 is 0 Å². The average Bonchev–Trinajstić information content (AvgIpc) is 2.47. The third-order valence-electron chi connectivity index (χ3n) is 2.69. The molecule has 7 heteroatoms. The molecule has 1 rings (SSSR count). The molecule has 0 saturated heterocycles. The first-order valence-electron chi connectivity index (χ1n) is 6.42. The third-order valence-corrected chi connectivity index (χ3v) is 2.69. The van der Waals surface area contributed by atoms with E-state index in [-0.39, 0.29) is 18.8 Å². The highest BCUT2D eigenvalue weighted by Crippen LogP contribution is 2.09. The van der Waals surface area contributed by atoms with E-state index in [1.165, 1.54) is 37.3 Å². The van der Waals surface area contributed by atoms with Crippen LogP contribution in [0.25, 0.3) is 0 Å². The van der Waals surface area contributed by atoms with Crippen molar-refractivity contribution in [2.75, 3.05) is 45.8 Å². The molecule has 0 spiro atoms. The highest BCUT2D eigenvalue weighted by Gasteiger charge is 2.21. The number of hydrogen-bond donors (Lipinski definition) is 1. The second-order valence-corrected chi connectivity index (χ2v) is 4.24. The van der Waals surface area contributed by atoms with Gasteiger partial charge < -0.3 is 19.7 Å². The summed E-state index contributed by atoms with van der Waals surface area (Å²) in [5.41, 5.74) is 0.229. The predicted molar refractivity (Wildman–Crippen MR) is 75.4 cm³/mol. The molecule has 0 aromatic heterocycles. The molecule has 0 fully saturated rings. The van der Waals surface area contributed by atoms with Gasteiger partial charge in [0.25, 0.3) is 0 Å². The standard InChI is InChI=1S/C14H19FN2O4/c1-20-8-6-17(7-9-21-2)14(19)13(18)16-12-5-3-4-11(15)10-12/h3-5,10H,6-9H2,1-2H3,(H,16,18). The van der Waals surface area contributed by atoms with Gasteiger partial charge in [0.1, 0.15) is 5.82 Å². The summed E-state index contributed by atoms with van der Waals surface area (Å²) >= 11 is 0. The molecule has 0 saturated carbocycles. The summed E-state index contributed by atoms with van der Waals surface area (Å²) in [5, 5.41) is 2.36. The van der Waals surface area contributed by atoms with Gasteiger partial charge in [0, 0.05) is 33.0 Å². The molecule has 1 aromatic rings. The molecule has 0 aliphatic carbocycles. The Morgan fingerprint density at radius 2 is 1.81 bits per heavy atom. The number of hydrogen-bond acceptors (Lipinski definition) is 4. The molecule has 116 valence electrons. The molecule has 0 bridgehead atoms. The van der Waals surface area contributed by atoms with Gasteiger partial charge in [-0.05, 0) is 18.2 Å². The summed E-state index contributed by atoms with van der Waals surface area (Å²) in [7, 11) is 3.01. The lowest BCUT2D eigenvalue weighted by Crippen LogP contribution is -2.43. The molecule has 1 N–H and O–H groups in total. The number of carbonyl (C=O) groups excluding carboxylic acids is 2. The molecular weight excluding hydrogens is 279 g/mol. The quantitative estimate of drug-likeness (QED) is 0.759. The minimum atomic E-state index is -0.826. The topological polar surface area (TPSA) is 67.9 Å². The molecule has 0 aliphatic rings. The Kier molecular flexibility index (Phi) is 7.34. The van der Waals surface area contributed by atoms with Crippen molar-refractivity contribution >= 4 is 17.5 Å². The first-order chi connectivity index (χ1) is 10.1. The number of methoxy groups -OCH3 is 2. The Bertz CT molecular complexity index is 474. The van der Waals surface area contributed by atoms with E-state index in [9.17, 15) is 14.0 Å². The third kappa shape index (κ3) is 5.88. The molecule has 21 heavy (non-hydrogen) atoms. The second-order valence-electron chi connectivity index (χ2n) is 4.24. The molecule has 0 unspecified atom stereocenters. The lowest BCUT2D eigenvalue weighted by Gasteiger charge is -2.21. The fourth-order valence-corrected chi connectivity index (χ4v) is 1.61. The molecule has 0 atom stereocenters. The van der Waals surface area contributed by atoms with Gasteiger partial charge in [-0.3, -0.25) is 9.59 Å². The molecular formula is C14H19FN2O4. The highest BCUT2D eigenvalue weighted by molar-refractivity contribution is 6.39. The van der Waals surface area contributed by atoms with Crippen molar-refractivity contribution in [3.8, 4) is 0 Å². The zero-order chi connectivity index (χ0) is 15.7. The van der Waals surface area contributed by atoms with Crippen LogP contribution in [0.15, 0.2) is 24.3 Å². The van der Waals surface area contributed by atoms with E-state index in [0.29, 0.717) is 13.2 Å². The van der Waals surface area contributed by atoms with Gasteiger partial charge in [0.05, 0.1) is 13.2 Å². The molecule has 0 radical (unpaired) electrons. The zero-order valence-electron chi connectivity index (χ0n) is 12.1. The number of rotatable bonds is 7. The van der Waals surface area contributed by atoms with Crippen LogP contribution in [-0.2, 0) is 19.1 Å². The molecule has 0 heterocycles. The molecule has 2 amide bonds. The number of benzene rings is 1. The number of carbonyl (C=O) groups is 2. The van der Waals surface area contributed by atoms with E-state index < -0.39 is 17.6 Å². The fraction of sp³-hybridized carbons (Fsp3) is 0.429. The van der Waals surface area contributed by atoms with Crippen LogP contribution < -0.4 is 5.32 Å². The van der Waals surface area contributed by atoms with E-state index in [1.54, 1.807) is 0 Å². The Morgan fingerprint density at radius 3 is 2.33 bits per heavy atom. The van der Waals surface area contributed by atoms with Crippen molar-refractivity contribution in [2.24, 2.45) is 0 Å². The zero-order valence-corrected chi connectivity index (χ0v) is 12.1. The van der Waals surface area contributed by atoms with E-state index in [4.69, 9.17) is 9.47 Å². The Balaban J connectivity index is 2.65. The lowest BCUT2D eigenvalue weighted by molar-refractivity contribution is -0.144. The van der Waals surface area contributed by atoms with Crippen molar-refractivity contribution < 1.29 is 23.5 Å². The average molecular weight is 298 g/mol. The van der Waals surface area contributed by atoms with Crippen LogP contribution in [0.3, 0.4) is 0 Å². The maximum Gasteiger partial charge on any atom is 0.313 e. The first-order valence-corrected chi connectivity index (χ1v) is 6.42. The SMILES string of the molecule is COCCN(CCOC)C(=O)C(=O)Nc1cccc(F)c1. The number of anilines is 1. The van der Waals surface area contributed by atoms with Crippen molar-refractivity contribution in [3.63, 3.8) is 0 Å². The van der Waals surface area contributed by atoms with Gasteiger partial charge in [-0.15, -0.1) is 0 Å². The van der Waals surface area contributed by atoms with E-state index in [2.05, 4.69) is 5.32 Å². The summed E-state index contributed by atoms with van der Waals surface area (Å²) in [6.45, 7) is 1.16. The first kappa shape index (κ1) is 17.1. The highest BCUT2D eigenvalue weighted by atomic mass is 19.1.